The predicted octanol–water partition coefficient (Wildman–Crippen LogP) is 0.955. The summed E-state index contributed by atoms with van der Waals surface area (Å²) >= 11 is 0. The second-order valence-electron chi connectivity index (χ2n) is 5.17. The molecule has 0 aromatic heterocycles. The Morgan fingerprint density at radius 2 is 1.90 bits per heavy atom. The van der Waals surface area contributed by atoms with Gasteiger partial charge < -0.3 is 15.5 Å². The monoisotopic (exact) mass is 314 g/mol. The Hall–Kier alpha value is -1.31. The summed E-state index contributed by atoms with van der Waals surface area (Å²) in [5.74, 6) is 0. The molecule has 0 bridgehead atoms. The lowest BCUT2D eigenvalue weighted by Crippen LogP contribution is -2.30. The third-order valence-corrected chi connectivity index (χ3v) is 4.74. The van der Waals surface area contributed by atoms with Crippen LogP contribution >= 0.6 is 0 Å². The summed E-state index contributed by atoms with van der Waals surface area (Å²) in [7, 11) is 1.93. The van der Waals surface area contributed by atoms with E-state index in [1.165, 1.54) is 13.1 Å². The Balaban J connectivity index is 3.09. The SMILES string of the molecule is CCN(CCCN(C)C)c1ccc(N)cc1S(=O)(=O)NC. The summed E-state index contributed by atoms with van der Waals surface area (Å²) < 4.78 is 26.7. The van der Waals surface area contributed by atoms with E-state index < -0.39 is 10.0 Å². The normalized spacial score (nSPS) is 11.9. The van der Waals surface area contributed by atoms with Crippen LogP contribution < -0.4 is 15.4 Å². The molecule has 7 heteroatoms. The lowest BCUT2D eigenvalue weighted by atomic mass is 10.2. The van der Waals surface area contributed by atoms with Gasteiger partial charge in [0.2, 0.25) is 10.0 Å². The molecule has 0 spiro atoms. The van der Waals surface area contributed by atoms with Gasteiger partial charge in [-0.25, -0.2) is 13.1 Å². The average Bonchev–Trinajstić information content (AvgIpc) is 2.43. The van der Waals surface area contributed by atoms with Crippen LogP contribution in [-0.4, -0.2) is 54.1 Å². The fourth-order valence-corrected chi connectivity index (χ4v) is 3.13. The molecule has 0 amide bonds. The summed E-state index contributed by atoms with van der Waals surface area (Å²) in [4.78, 5) is 4.41. The number of nitrogens with zero attached hydrogens (tertiary/aromatic N) is 2. The van der Waals surface area contributed by atoms with Crippen molar-refractivity contribution < 1.29 is 8.42 Å². The van der Waals surface area contributed by atoms with E-state index >= 15 is 0 Å². The van der Waals surface area contributed by atoms with Crippen LogP contribution in [0.25, 0.3) is 0 Å². The van der Waals surface area contributed by atoms with Crippen molar-refractivity contribution in [1.82, 2.24) is 9.62 Å². The first-order chi connectivity index (χ1) is 9.81. The molecule has 6 nitrogen and oxygen atoms in total. The summed E-state index contributed by atoms with van der Waals surface area (Å²) in [6.45, 7) is 4.51. The van der Waals surface area contributed by atoms with Crippen LogP contribution in [0.4, 0.5) is 11.4 Å². The Labute approximate surface area is 128 Å². The van der Waals surface area contributed by atoms with Crippen molar-refractivity contribution in [3.05, 3.63) is 18.2 Å². The molecule has 21 heavy (non-hydrogen) atoms. The molecule has 120 valence electrons. The van der Waals surface area contributed by atoms with Crippen molar-refractivity contribution in [3.63, 3.8) is 0 Å². The van der Waals surface area contributed by atoms with Crippen LogP contribution in [-0.2, 0) is 10.0 Å². The topological polar surface area (TPSA) is 78.7 Å². The third-order valence-electron chi connectivity index (χ3n) is 3.30. The molecule has 0 aliphatic carbocycles. The van der Waals surface area contributed by atoms with Gasteiger partial charge in [-0.2, -0.15) is 0 Å². The molecule has 0 fully saturated rings. The lowest BCUT2D eigenvalue weighted by molar-refractivity contribution is 0.400. The minimum Gasteiger partial charge on any atom is -0.399 e. The van der Waals surface area contributed by atoms with Crippen LogP contribution in [0, 0.1) is 0 Å². The third kappa shape index (κ3) is 4.87. The predicted molar refractivity (Wildman–Crippen MR) is 88.2 cm³/mol. The molecule has 1 rings (SSSR count). The highest BCUT2D eigenvalue weighted by Crippen LogP contribution is 2.27. The van der Waals surface area contributed by atoms with Gasteiger partial charge in [0.05, 0.1) is 5.69 Å². The largest absolute Gasteiger partial charge is 0.399 e. The minimum absolute atomic E-state index is 0.233. The molecular formula is C14H26N4O2S. The number of sulfonamides is 1. The molecule has 0 aliphatic rings. The number of benzene rings is 1. The molecule has 3 N–H and O–H groups in total. The van der Waals surface area contributed by atoms with Gasteiger partial charge in [0.1, 0.15) is 4.90 Å². The Kier molecular flexibility index (Phi) is 6.44. The molecule has 1 aromatic rings. The maximum atomic E-state index is 12.2. The van der Waals surface area contributed by atoms with Gasteiger partial charge in [-0.15, -0.1) is 0 Å². The number of nitrogens with two attached hydrogens (primary N) is 1. The Bertz CT molecular complexity index is 558. The molecule has 1 aromatic carbocycles. The smallest absolute Gasteiger partial charge is 0.242 e. The summed E-state index contributed by atoms with van der Waals surface area (Å²) in [6, 6.07) is 5.02. The fourth-order valence-electron chi connectivity index (χ4n) is 2.14. The van der Waals surface area contributed by atoms with Crippen molar-refractivity contribution in [1.29, 1.82) is 0 Å². The average molecular weight is 314 g/mol. The first-order valence-corrected chi connectivity index (χ1v) is 8.53. The zero-order chi connectivity index (χ0) is 16.0. The van der Waals surface area contributed by atoms with Crippen molar-refractivity contribution in [2.24, 2.45) is 0 Å². The number of nitrogen functional groups attached to an aromatic ring is 1. The van der Waals surface area contributed by atoms with E-state index in [4.69, 9.17) is 5.73 Å². The zero-order valence-corrected chi connectivity index (χ0v) is 14.1. The van der Waals surface area contributed by atoms with E-state index in [1.807, 2.05) is 21.0 Å². The first kappa shape index (κ1) is 17.7. The molecule has 0 radical (unpaired) electrons. The van der Waals surface area contributed by atoms with Crippen molar-refractivity contribution in [2.75, 3.05) is 51.4 Å². The van der Waals surface area contributed by atoms with Crippen LogP contribution in [0.2, 0.25) is 0 Å². The molecule has 0 saturated heterocycles. The lowest BCUT2D eigenvalue weighted by Gasteiger charge is -2.26. The van der Waals surface area contributed by atoms with Crippen molar-refractivity contribution >= 4 is 21.4 Å². The summed E-state index contributed by atoms with van der Waals surface area (Å²) in [6.07, 6.45) is 0.963. The van der Waals surface area contributed by atoms with Crippen LogP contribution in [0.5, 0.6) is 0 Å². The van der Waals surface area contributed by atoms with E-state index in [-0.39, 0.29) is 4.90 Å². The first-order valence-electron chi connectivity index (χ1n) is 7.04. The van der Waals surface area contributed by atoms with Gasteiger partial charge in [-0.3, -0.25) is 0 Å². The number of nitrogens with one attached hydrogen (secondary N) is 1. The highest BCUT2D eigenvalue weighted by Gasteiger charge is 2.20. The standard InChI is InChI=1S/C14H26N4O2S/c1-5-18(10-6-9-17(3)4)13-8-7-12(15)11-14(13)21(19,20)16-2/h7-8,11,16H,5-6,9-10,15H2,1-4H3. The second kappa shape index (κ2) is 7.63. The number of rotatable bonds is 8. The van der Waals surface area contributed by atoms with Crippen molar-refractivity contribution in [2.45, 2.75) is 18.2 Å². The van der Waals surface area contributed by atoms with Gasteiger partial charge >= 0.3 is 0 Å². The summed E-state index contributed by atoms with van der Waals surface area (Å²) in [5, 5.41) is 0. The second-order valence-corrected chi connectivity index (χ2v) is 7.03. The number of hydrogen-bond donors (Lipinski definition) is 2. The molecular weight excluding hydrogens is 288 g/mol. The zero-order valence-electron chi connectivity index (χ0n) is 13.3. The van der Waals surface area contributed by atoms with E-state index in [0.717, 1.165) is 26.1 Å². The van der Waals surface area contributed by atoms with E-state index in [0.29, 0.717) is 11.4 Å². The maximum Gasteiger partial charge on any atom is 0.242 e. The van der Waals surface area contributed by atoms with Crippen LogP contribution in [0.15, 0.2) is 23.1 Å². The Morgan fingerprint density at radius 3 is 2.43 bits per heavy atom. The molecule has 0 heterocycles. The minimum atomic E-state index is -3.53. The Morgan fingerprint density at radius 1 is 1.24 bits per heavy atom. The maximum absolute atomic E-state index is 12.2. The van der Waals surface area contributed by atoms with Gasteiger partial charge in [0, 0.05) is 18.8 Å². The van der Waals surface area contributed by atoms with Gasteiger partial charge in [-0.05, 0) is 59.2 Å². The van der Waals surface area contributed by atoms with Gasteiger partial charge in [-0.1, -0.05) is 0 Å². The van der Waals surface area contributed by atoms with Crippen LogP contribution in [0.1, 0.15) is 13.3 Å². The highest BCUT2D eigenvalue weighted by atomic mass is 32.2. The van der Waals surface area contributed by atoms with E-state index in [9.17, 15) is 8.42 Å². The van der Waals surface area contributed by atoms with Crippen molar-refractivity contribution in [3.8, 4) is 0 Å². The number of hydrogen-bond acceptors (Lipinski definition) is 5. The van der Waals surface area contributed by atoms with Gasteiger partial charge in [0.25, 0.3) is 0 Å². The summed E-state index contributed by atoms with van der Waals surface area (Å²) in [5.41, 5.74) is 6.88. The van der Waals surface area contributed by atoms with E-state index in [1.54, 1.807) is 12.1 Å². The highest BCUT2D eigenvalue weighted by molar-refractivity contribution is 7.89. The van der Waals surface area contributed by atoms with E-state index in [2.05, 4.69) is 14.5 Å². The fraction of sp³-hybridized carbons (Fsp3) is 0.571. The van der Waals surface area contributed by atoms with Crippen LogP contribution in [0.3, 0.4) is 0 Å². The quantitative estimate of drug-likeness (QED) is 0.699. The van der Waals surface area contributed by atoms with Gasteiger partial charge in [0.15, 0.2) is 0 Å². The molecule has 0 atom stereocenters. The molecule has 0 aliphatic heterocycles. The number of anilines is 2. The molecule has 0 unspecified atom stereocenters. The molecule has 0 saturated carbocycles.